The van der Waals surface area contributed by atoms with Gasteiger partial charge < -0.3 is 10.4 Å². The maximum atomic E-state index is 9.71. The Morgan fingerprint density at radius 2 is 1.84 bits per heavy atom. The molecular formula is C13H9ClN4O. The lowest BCUT2D eigenvalue weighted by molar-refractivity contribution is 0.475. The highest BCUT2D eigenvalue weighted by molar-refractivity contribution is 6.28. The van der Waals surface area contributed by atoms with Gasteiger partial charge in [0.2, 0.25) is 5.28 Å². The lowest BCUT2D eigenvalue weighted by atomic mass is 10.2. The van der Waals surface area contributed by atoms with Crippen molar-refractivity contribution in [3.8, 4) is 5.75 Å². The van der Waals surface area contributed by atoms with Crippen molar-refractivity contribution in [1.82, 2.24) is 15.0 Å². The Balaban J connectivity index is 2.13. The highest BCUT2D eigenvalue weighted by atomic mass is 35.5. The molecule has 0 saturated heterocycles. The zero-order valence-corrected chi connectivity index (χ0v) is 10.5. The molecule has 94 valence electrons. The van der Waals surface area contributed by atoms with Crippen LogP contribution in [0.2, 0.25) is 5.28 Å². The highest BCUT2D eigenvalue weighted by Gasteiger charge is 2.09. The fourth-order valence-electron chi connectivity index (χ4n) is 1.75. The molecule has 2 aromatic heterocycles. The second-order valence-corrected chi connectivity index (χ2v) is 4.19. The van der Waals surface area contributed by atoms with E-state index in [2.05, 4.69) is 20.3 Å². The van der Waals surface area contributed by atoms with Crippen LogP contribution >= 0.6 is 11.6 Å². The molecule has 0 aliphatic rings. The largest absolute Gasteiger partial charge is 0.504 e. The van der Waals surface area contributed by atoms with Crippen molar-refractivity contribution in [1.29, 1.82) is 0 Å². The summed E-state index contributed by atoms with van der Waals surface area (Å²) in [6.07, 6.45) is 1.58. The average molecular weight is 273 g/mol. The normalized spacial score (nSPS) is 10.6. The van der Waals surface area contributed by atoms with E-state index >= 15 is 0 Å². The molecule has 0 amide bonds. The maximum Gasteiger partial charge on any atom is 0.224 e. The Labute approximate surface area is 113 Å². The number of nitrogens with zero attached hydrogens (tertiary/aromatic N) is 3. The van der Waals surface area contributed by atoms with Gasteiger partial charge in [-0.25, -0.2) is 9.97 Å². The van der Waals surface area contributed by atoms with Gasteiger partial charge in [-0.3, -0.25) is 0 Å². The number of hydrogen-bond acceptors (Lipinski definition) is 5. The molecule has 5 nitrogen and oxygen atoms in total. The summed E-state index contributed by atoms with van der Waals surface area (Å²) in [5, 5.41) is 13.6. The van der Waals surface area contributed by atoms with Crippen molar-refractivity contribution in [3.05, 3.63) is 47.9 Å². The van der Waals surface area contributed by atoms with E-state index in [4.69, 9.17) is 11.6 Å². The summed E-state index contributed by atoms with van der Waals surface area (Å²) in [7, 11) is 0. The van der Waals surface area contributed by atoms with Crippen molar-refractivity contribution in [2.75, 3.05) is 5.32 Å². The predicted octanol–water partition coefficient (Wildman–Crippen LogP) is 3.13. The zero-order valence-electron chi connectivity index (χ0n) is 9.71. The van der Waals surface area contributed by atoms with Gasteiger partial charge >= 0.3 is 0 Å². The molecule has 2 N–H and O–H groups in total. The summed E-state index contributed by atoms with van der Waals surface area (Å²) in [5.74, 6) is 0.869. The van der Waals surface area contributed by atoms with Crippen LogP contribution in [0.3, 0.4) is 0 Å². The fourth-order valence-corrected chi connectivity index (χ4v) is 1.92. The van der Waals surface area contributed by atoms with E-state index in [1.54, 1.807) is 18.3 Å². The number of anilines is 2. The number of para-hydroxylation sites is 1. The van der Waals surface area contributed by atoms with E-state index in [0.29, 0.717) is 11.6 Å². The van der Waals surface area contributed by atoms with Gasteiger partial charge in [0.25, 0.3) is 0 Å². The van der Waals surface area contributed by atoms with Gasteiger partial charge in [0.15, 0.2) is 11.6 Å². The molecular weight excluding hydrogens is 264 g/mol. The standard InChI is InChI=1S/C13H9ClN4O/c14-13-16-9-5-2-1-4-8(9)11(18-13)17-12-10(19)6-3-7-15-12/h1-7,19H,(H,15,16,17,18). The summed E-state index contributed by atoms with van der Waals surface area (Å²) in [6.45, 7) is 0. The number of aromatic nitrogens is 3. The number of nitrogens with one attached hydrogen (secondary N) is 1. The molecule has 0 atom stereocenters. The van der Waals surface area contributed by atoms with Crippen LogP contribution in [0, 0.1) is 0 Å². The van der Waals surface area contributed by atoms with E-state index in [0.717, 1.165) is 10.9 Å². The quantitative estimate of drug-likeness (QED) is 0.701. The lowest BCUT2D eigenvalue weighted by Crippen LogP contribution is -1.99. The SMILES string of the molecule is Oc1cccnc1Nc1nc(Cl)nc2ccccc12. The minimum atomic E-state index is 0.0429. The van der Waals surface area contributed by atoms with E-state index in [1.165, 1.54) is 0 Å². The van der Waals surface area contributed by atoms with Gasteiger partial charge in [0.05, 0.1) is 5.52 Å². The third-order valence-electron chi connectivity index (χ3n) is 2.60. The first-order chi connectivity index (χ1) is 9.24. The van der Waals surface area contributed by atoms with E-state index < -0.39 is 0 Å². The topological polar surface area (TPSA) is 70.9 Å². The molecule has 0 aliphatic carbocycles. The average Bonchev–Trinajstić information content (AvgIpc) is 2.41. The Morgan fingerprint density at radius 3 is 2.68 bits per heavy atom. The van der Waals surface area contributed by atoms with Gasteiger partial charge in [-0.1, -0.05) is 12.1 Å². The second-order valence-electron chi connectivity index (χ2n) is 3.85. The summed E-state index contributed by atoms with van der Waals surface area (Å²) in [4.78, 5) is 12.3. The molecule has 1 aromatic carbocycles. The summed E-state index contributed by atoms with van der Waals surface area (Å²) >= 11 is 5.88. The first-order valence-corrected chi connectivity index (χ1v) is 5.95. The van der Waals surface area contributed by atoms with Crippen LogP contribution in [0.25, 0.3) is 10.9 Å². The fraction of sp³-hybridized carbons (Fsp3) is 0. The minimum absolute atomic E-state index is 0.0429. The lowest BCUT2D eigenvalue weighted by Gasteiger charge is -2.09. The van der Waals surface area contributed by atoms with Crippen LogP contribution in [0.15, 0.2) is 42.6 Å². The second kappa shape index (κ2) is 4.70. The molecule has 0 spiro atoms. The van der Waals surface area contributed by atoms with Gasteiger partial charge in [-0.05, 0) is 35.9 Å². The Bertz CT molecular complexity index is 748. The predicted molar refractivity (Wildman–Crippen MR) is 73.7 cm³/mol. The monoisotopic (exact) mass is 272 g/mol. The highest BCUT2D eigenvalue weighted by Crippen LogP contribution is 2.27. The minimum Gasteiger partial charge on any atom is -0.504 e. The Kier molecular flexibility index (Phi) is 2.89. The van der Waals surface area contributed by atoms with Crippen molar-refractivity contribution in [2.45, 2.75) is 0 Å². The third-order valence-corrected chi connectivity index (χ3v) is 2.77. The molecule has 0 unspecified atom stereocenters. The van der Waals surface area contributed by atoms with E-state index in [-0.39, 0.29) is 11.0 Å². The van der Waals surface area contributed by atoms with Crippen LogP contribution in [0.4, 0.5) is 11.6 Å². The molecule has 0 saturated carbocycles. The number of fused-ring (bicyclic) bond motifs is 1. The Hall–Kier alpha value is -2.40. The summed E-state index contributed by atoms with van der Waals surface area (Å²) in [5.41, 5.74) is 0.723. The van der Waals surface area contributed by atoms with Crippen molar-refractivity contribution >= 4 is 34.1 Å². The van der Waals surface area contributed by atoms with Crippen LogP contribution in [0.1, 0.15) is 0 Å². The molecule has 0 fully saturated rings. The number of aromatic hydroxyl groups is 1. The van der Waals surface area contributed by atoms with Crippen LogP contribution in [0.5, 0.6) is 5.75 Å². The van der Waals surface area contributed by atoms with Gasteiger partial charge in [-0.2, -0.15) is 4.98 Å². The molecule has 0 bridgehead atoms. The van der Waals surface area contributed by atoms with Crippen LogP contribution in [-0.2, 0) is 0 Å². The van der Waals surface area contributed by atoms with Crippen LogP contribution in [-0.4, -0.2) is 20.1 Å². The number of pyridine rings is 1. The molecule has 2 heterocycles. The van der Waals surface area contributed by atoms with Crippen molar-refractivity contribution in [2.24, 2.45) is 0 Å². The first-order valence-electron chi connectivity index (χ1n) is 5.57. The molecule has 6 heteroatoms. The summed E-state index contributed by atoms with van der Waals surface area (Å²) < 4.78 is 0. The summed E-state index contributed by atoms with van der Waals surface area (Å²) in [6, 6.07) is 10.6. The number of rotatable bonds is 2. The van der Waals surface area contributed by atoms with Gasteiger partial charge in [-0.15, -0.1) is 0 Å². The maximum absolute atomic E-state index is 9.71. The molecule has 0 aliphatic heterocycles. The van der Waals surface area contributed by atoms with E-state index in [1.807, 2.05) is 24.3 Å². The van der Waals surface area contributed by atoms with Gasteiger partial charge in [0, 0.05) is 11.6 Å². The number of halogens is 1. The number of benzene rings is 1. The number of hydrogen-bond donors (Lipinski definition) is 2. The molecule has 3 rings (SSSR count). The first kappa shape index (κ1) is 11.7. The third kappa shape index (κ3) is 2.28. The molecule has 19 heavy (non-hydrogen) atoms. The Morgan fingerprint density at radius 1 is 1.00 bits per heavy atom. The van der Waals surface area contributed by atoms with Gasteiger partial charge in [0.1, 0.15) is 5.82 Å². The molecule has 3 aromatic rings. The molecule has 0 radical (unpaired) electrons. The van der Waals surface area contributed by atoms with Crippen molar-refractivity contribution < 1.29 is 5.11 Å². The van der Waals surface area contributed by atoms with Crippen molar-refractivity contribution in [3.63, 3.8) is 0 Å². The zero-order chi connectivity index (χ0) is 13.2. The van der Waals surface area contributed by atoms with Crippen LogP contribution < -0.4 is 5.32 Å². The van der Waals surface area contributed by atoms with E-state index in [9.17, 15) is 5.11 Å². The smallest absolute Gasteiger partial charge is 0.224 e.